The van der Waals surface area contributed by atoms with E-state index >= 15 is 0 Å². The zero-order chi connectivity index (χ0) is 23.5. The highest BCUT2D eigenvalue weighted by atomic mass is 32.2. The molecule has 0 saturated carbocycles. The maximum Gasteiger partial charge on any atom is 0.338 e. The fraction of sp³-hybridized carbons (Fsp3) is 0.350. The van der Waals surface area contributed by atoms with Gasteiger partial charge in [-0.3, -0.25) is 9.59 Å². The summed E-state index contributed by atoms with van der Waals surface area (Å²) in [7, 11) is -3.74. The minimum Gasteiger partial charge on any atom is -0.452 e. The SMILES string of the molecule is CC1CN(S(=O)(=O)c2ccc(C(=O)OCC(=O)Nc3sccc3C(N)=O)cc2)CC(C)O1. The smallest absolute Gasteiger partial charge is 0.338 e. The van der Waals surface area contributed by atoms with E-state index in [0.717, 1.165) is 11.3 Å². The van der Waals surface area contributed by atoms with Gasteiger partial charge in [0.2, 0.25) is 10.0 Å². The highest BCUT2D eigenvalue weighted by Gasteiger charge is 2.32. The fourth-order valence-electron chi connectivity index (χ4n) is 3.22. The summed E-state index contributed by atoms with van der Waals surface area (Å²) >= 11 is 1.11. The Hall–Kier alpha value is -2.80. The van der Waals surface area contributed by atoms with Gasteiger partial charge in [0.05, 0.1) is 28.2 Å². The third-order valence-electron chi connectivity index (χ3n) is 4.63. The Labute approximate surface area is 189 Å². The summed E-state index contributed by atoms with van der Waals surface area (Å²) in [4.78, 5) is 35.6. The summed E-state index contributed by atoms with van der Waals surface area (Å²) in [6, 6.07) is 6.77. The standard InChI is InChI=1S/C20H23N3O7S2/c1-12-9-23(10-13(2)30-12)32(27,28)15-5-3-14(4-6-15)20(26)29-11-17(24)22-19-16(18(21)25)7-8-31-19/h3-8,12-13H,9-11H2,1-2H3,(H2,21,25)(H,22,24). The molecule has 1 aliphatic rings. The Morgan fingerprint density at radius 3 is 2.38 bits per heavy atom. The zero-order valence-electron chi connectivity index (χ0n) is 17.4. The number of rotatable bonds is 7. The number of carbonyl (C=O) groups excluding carboxylic acids is 3. The molecule has 2 unspecified atom stereocenters. The van der Waals surface area contributed by atoms with Crippen molar-refractivity contribution in [3.8, 4) is 0 Å². The third kappa shape index (κ3) is 5.51. The molecule has 0 radical (unpaired) electrons. The molecule has 0 spiro atoms. The van der Waals surface area contributed by atoms with Gasteiger partial charge in [0.15, 0.2) is 6.61 Å². The van der Waals surface area contributed by atoms with E-state index in [1.165, 1.54) is 34.6 Å². The van der Waals surface area contributed by atoms with Crippen LogP contribution < -0.4 is 11.1 Å². The minimum atomic E-state index is -3.74. The number of carbonyl (C=O) groups is 3. The molecule has 3 N–H and O–H groups in total. The maximum atomic E-state index is 12.9. The first-order chi connectivity index (χ1) is 15.1. The number of esters is 1. The molecule has 2 amide bonds. The van der Waals surface area contributed by atoms with Gasteiger partial charge in [-0.2, -0.15) is 4.31 Å². The molecule has 1 fully saturated rings. The topological polar surface area (TPSA) is 145 Å². The summed E-state index contributed by atoms with van der Waals surface area (Å²) in [5.41, 5.74) is 5.47. The van der Waals surface area contributed by atoms with Gasteiger partial charge < -0.3 is 20.5 Å². The van der Waals surface area contributed by atoms with E-state index in [9.17, 15) is 22.8 Å². The summed E-state index contributed by atoms with van der Waals surface area (Å²) in [5.74, 6) is -2.12. The van der Waals surface area contributed by atoms with Crippen LogP contribution in [0, 0.1) is 0 Å². The first kappa shape index (κ1) is 23.9. The minimum absolute atomic E-state index is 0.0461. The number of ether oxygens (including phenoxy) is 2. The first-order valence-electron chi connectivity index (χ1n) is 9.68. The van der Waals surface area contributed by atoms with Gasteiger partial charge in [-0.25, -0.2) is 13.2 Å². The van der Waals surface area contributed by atoms with Crippen molar-refractivity contribution in [3.63, 3.8) is 0 Å². The number of anilines is 1. The predicted octanol–water partition coefficient (Wildman–Crippen LogP) is 1.44. The van der Waals surface area contributed by atoms with Crippen molar-refractivity contribution in [2.75, 3.05) is 25.0 Å². The average molecular weight is 482 g/mol. The lowest BCUT2D eigenvalue weighted by Gasteiger charge is -2.34. The second-order valence-corrected chi connectivity index (χ2v) is 10.1. The van der Waals surface area contributed by atoms with Gasteiger partial charge >= 0.3 is 5.97 Å². The highest BCUT2D eigenvalue weighted by Crippen LogP contribution is 2.23. The monoisotopic (exact) mass is 481 g/mol. The number of sulfonamides is 1. The van der Waals surface area contributed by atoms with Gasteiger partial charge in [0.1, 0.15) is 5.00 Å². The number of hydrogen-bond donors (Lipinski definition) is 2. The number of primary amides is 1. The summed E-state index contributed by atoms with van der Waals surface area (Å²) in [6.07, 6.45) is -0.440. The Balaban J connectivity index is 1.59. The Morgan fingerprint density at radius 1 is 1.16 bits per heavy atom. The van der Waals surface area contributed by atoms with Crippen LogP contribution in [0.5, 0.6) is 0 Å². The lowest BCUT2D eigenvalue weighted by atomic mass is 10.2. The molecular formula is C20H23N3O7S2. The predicted molar refractivity (Wildman–Crippen MR) is 117 cm³/mol. The summed E-state index contributed by atoms with van der Waals surface area (Å²) in [6.45, 7) is 3.51. The van der Waals surface area contributed by atoms with E-state index in [4.69, 9.17) is 15.2 Å². The molecule has 32 heavy (non-hydrogen) atoms. The quantitative estimate of drug-likeness (QED) is 0.569. The highest BCUT2D eigenvalue weighted by molar-refractivity contribution is 7.89. The van der Waals surface area contributed by atoms with Crippen LogP contribution in [0.1, 0.15) is 34.6 Å². The molecule has 10 nitrogen and oxygen atoms in total. The second kappa shape index (κ2) is 9.77. The van der Waals surface area contributed by atoms with E-state index in [2.05, 4.69) is 5.32 Å². The van der Waals surface area contributed by atoms with Crippen LogP contribution in [0.4, 0.5) is 5.00 Å². The number of hydrogen-bond acceptors (Lipinski definition) is 8. The van der Waals surface area contributed by atoms with Crippen molar-refractivity contribution in [3.05, 3.63) is 46.8 Å². The number of benzene rings is 1. The molecule has 2 aromatic rings. The van der Waals surface area contributed by atoms with E-state index < -0.39 is 34.4 Å². The molecule has 172 valence electrons. The van der Waals surface area contributed by atoms with Crippen LogP contribution in [0.2, 0.25) is 0 Å². The largest absolute Gasteiger partial charge is 0.452 e. The number of nitrogens with two attached hydrogens (primary N) is 1. The molecule has 2 heterocycles. The van der Waals surface area contributed by atoms with Crippen molar-refractivity contribution in [2.24, 2.45) is 5.73 Å². The number of thiophene rings is 1. The van der Waals surface area contributed by atoms with Gasteiger partial charge in [-0.1, -0.05) is 0 Å². The second-order valence-electron chi connectivity index (χ2n) is 7.26. The lowest BCUT2D eigenvalue weighted by Crippen LogP contribution is -2.48. The van der Waals surface area contributed by atoms with Crippen LogP contribution in [0.15, 0.2) is 40.6 Å². The molecule has 3 rings (SSSR count). The molecule has 1 aromatic carbocycles. The van der Waals surface area contributed by atoms with Gasteiger partial charge in [0, 0.05) is 13.1 Å². The van der Waals surface area contributed by atoms with Gasteiger partial charge in [-0.05, 0) is 49.6 Å². The van der Waals surface area contributed by atoms with Crippen LogP contribution in [0.3, 0.4) is 0 Å². The summed E-state index contributed by atoms with van der Waals surface area (Å²) in [5, 5.41) is 4.31. The van der Waals surface area contributed by atoms with E-state index in [-0.39, 0.29) is 46.3 Å². The third-order valence-corrected chi connectivity index (χ3v) is 7.31. The molecule has 2 atom stereocenters. The van der Waals surface area contributed by atoms with E-state index in [1.807, 2.05) is 0 Å². The van der Waals surface area contributed by atoms with Crippen LogP contribution in [-0.2, 0) is 24.3 Å². The number of morpholine rings is 1. The van der Waals surface area contributed by atoms with Crippen LogP contribution in [-0.4, -0.2) is 62.4 Å². The van der Waals surface area contributed by atoms with E-state index in [0.29, 0.717) is 0 Å². The summed E-state index contributed by atoms with van der Waals surface area (Å²) < 4.78 is 37.6. The molecule has 0 aliphatic carbocycles. The normalized spacial score (nSPS) is 19.3. The van der Waals surface area contributed by atoms with Gasteiger partial charge in [-0.15, -0.1) is 11.3 Å². The van der Waals surface area contributed by atoms with Crippen LogP contribution >= 0.6 is 11.3 Å². The molecule has 12 heteroatoms. The Bertz CT molecular complexity index is 1100. The molecule has 1 aliphatic heterocycles. The molecular weight excluding hydrogens is 458 g/mol. The molecule has 1 saturated heterocycles. The van der Waals surface area contributed by atoms with E-state index in [1.54, 1.807) is 19.2 Å². The lowest BCUT2D eigenvalue weighted by molar-refractivity contribution is -0.119. The fourth-order valence-corrected chi connectivity index (χ4v) is 5.62. The first-order valence-corrected chi connectivity index (χ1v) is 12.0. The maximum absolute atomic E-state index is 12.9. The number of nitrogens with zero attached hydrogens (tertiary/aromatic N) is 1. The van der Waals surface area contributed by atoms with Crippen molar-refractivity contribution in [1.29, 1.82) is 0 Å². The van der Waals surface area contributed by atoms with Crippen molar-refractivity contribution in [1.82, 2.24) is 4.31 Å². The van der Waals surface area contributed by atoms with Gasteiger partial charge in [0.25, 0.3) is 11.8 Å². The molecule has 0 bridgehead atoms. The van der Waals surface area contributed by atoms with Crippen molar-refractivity contribution >= 4 is 44.1 Å². The van der Waals surface area contributed by atoms with Crippen molar-refractivity contribution < 1.29 is 32.3 Å². The number of nitrogens with one attached hydrogen (secondary N) is 1. The zero-order valence-corrected chi connectivity index (χ0v) is 19.1. The Morgan fingerprint density at radius 2 is 1.78 bits per heavy atom. The van der Waals surface area contributed by atoms with Crippen LogP contribution in [0.25, 0.3) is 0 Å². The average Bonchev–Trinajstić information content (AvgIpc) is 3.19. The molecule has 1 aromatic heterocycles. The van der Waals surface area contributed by atoms with Crippen molar-refractivity contribution in [2.45, 2.75) is 31.0 Å². The Kier molecular flexibility index (Phi) is 7.29. The number of amides is 2.